The lowest BCUT2D eigenvalue weighted by molar-refractivity contribution is -0.125. The fourth-order valence-electron chi connectivity index (χ4n) is 2.62. The van der Waals surface area contributed by atoms with Crippen molar-refractivity contribution in [2.45, 2.75) is 38.8 Å². The smallest absolute Gasteiger partial charge is 0.237 e. The summed E-state index contributed by atoms with van der Waals surface area (Å²) in [6.07, 6.45) is 1.64. The van der Waals surface area contributed by atoms with E-state index in [4.69, 9.17) is 10.5 Å². The number of rotatable bonds is 4. The normalized spacial score (nSPS) is 19.0. The number of carbonyl (C=O) groups is 1. The lowest BCUT2D eigenvalue weighted by Gasteiger charge is -2.28. The van der Waals surface area contributed by atoms with E-state index in [0.29, 0.717) is 18.8 Å². The quantitative estimate of drug-likeness (QED) is 0.893. The van der Waals surface area contributed by atoms with Gasteiger partial charge in [-0.25, -0.2) is 4.39 Å². The third kappa shape index (κ3) is 4.02. The van der Waals surface area contributed by atoms with Gasteiger partial charge in [0.15, 0.2) is 0 Å². The lowest BCUT2D eigenvalue weighted by Crippen LogP contribution is -2.47. The minimum atomic E-state index is -0.516. The van der Waals surface area contributed by atoms with Crippen LogP contribution in [-0.2, 0) is 9.53 Å². The number of ether oxygens (including phenoxy) is 1. The van der Waals surface area contributed by atoms with Crippen LogP contribution in [-0.4, -0.2) is 25.2 Å². The number of aryl methyl sites for hydroxylation is 1. The first kappa shape index (κ1) is 15.9. The molecule has 4 nitrogen and oxygen atoms in total. The fraction of sp³-hybridized carbons (Fsp3) is 0.562. The van der Waals surface area contributed by atoms with E-state index in [2.05, 4.69) is 5.32 Å². The maximum absolute atomic E-state index is 13.3. The molecular formula is C16H23FN2O2. The summed E-state index contributed by atoms with van der Waals surface area (Å²) < 4.78 is 18.6. The van der Waals surface area contributed by atoms with Crippen LogP contribution in [0, 0.1) is 18.7 Å². The summed E-state index contributed by atoms with van der Waals surface area (Å²) in [4.78, 5) is 12.2. The van der Waals surface area contributed by atoms with Gasteiger partial charge in [-0.1, -0.05) is 12.1 Å². The van der Waals surface area contributed by atoms with Crippen molar-refractivity contribution in [2.24, 2.45) is 11.7 Å². The van der Waals surface area contributed by atoms with Crippen molar-refractivity contribution in [1.29, 1.82) is 0 Å². The molecule has 1 saturated heterocycles. The third-order valence-electron chi connectivity index (χ3n) is 4.12. The molecule has 5 heteroatoms. The molecule has 0 spiro atoms. The molecule has 1 amide bonds. The first-order valence-electron chi connectivity index (χ1n) is 7.39. The van der Waals surface area contributed by atoms with Gasteiger partial charge in [0.1, 0.15) is 5.82 Å². The van der Waals surface area contributed by atoms with Crippen LogP contribution in [0.4, 0.5) is 4.39 Å². The molecule has 0 radical (unpaired) electrons. The second-order valence-corrected chi connectivity index (χ2v) is 5.71. The highest BCUT2D eigenvalue weighted by molar-refractivity contribution is 5.82. The van der Waals surface area contributed by atoms with Crippen LogP contribution in [0.5, 0.6) is 0 Å². The van der Waals surface area contributed by atoms with Crippen molar-refractivity contribution in [3.05, 3.63) is 35.1 Å². The van der Waals surface area contributed by atoms with Crippen molar-refractivity contribution in [3.63, 3.8) is 0 Å². The second kappa shape index (κ2) is 7.00. The molecule has 116 valence electrons. The zero-order chi connectivity index (χ0) is 15.4. The van der Waals surface area contributed by atoms with Gasteiger partial charge in [-0.15, -0.1) is 0 Å². The number of halogens is 1. The van der Waals surface area contributed by atoms with E-state index in [9.17, 15) is 9.18 Å². The highest BCUT2D eigenvalue weighted by Crippen LogP contribution is 2.20. The van der Waals surface area contributed by atoms with Crippen LogP contribution in [0.1, 0.15) is 36.9 Å². The first-order valence-corrected chi connectivity index (χ1v) is 7.39. The number of hydrogen-bond donors (Lipinski definition) is 2. The number of carbonyl (C=O) groups excluding carboxylic acids is 1. The highest BCUT2D eigenvalue weighted by atomic mass is 19.1. The fourth-order valence-corrected chi connectivity index (χ4v) is 2.62. The van der Waals surface area contributed by atoms with Gasteiger partial charge in [0.2, 0.25) is 5.91 Å². The molecule has 0 aromatic heterocycles. The molecule has 1 aromatic rings. The van der Waals surface area contributed by atoms with Crippen molar-refractivity contribution >= 4 is 5.91 Å². The average Bonchev–Trinajstić information content (AvgIpc) is 2.50. The number of nitrogens with two attached hydrogens (primary N) is 1. The van der Waals surface area contributed by atoms with E-state index in [0.717, 1.165) is 18.4 Å². The van der Waals surface area contributed by atoms with Crippen molar-refractivity contribution in [3.8, 4) is 0 Å². The predicted octanol–water partition coefficient (Wildman–Crippen LogP) is 2.07. The summed E-state index contributed by atoms with van der Waals surface area (Å²) >= 11 is 0. The summed E-state index contributed by atoms with van der Waals surface area (Å²) in [5.74, 6) is -0.228. The molecule has 2 rings (SSSR count). The number of amides is 1. The molecular weight excluding hydrogens is 271 g/mol. The summed E-state index contributed by atoms with van der Waals surface area (Å²) in [6, 6.07) is 4.15. The monoisotopic (exact) mass is 294 g/mol. The zero-order valence-corrected chi connectivity index (χ0v) is 12.6. The van der Waals surface area contributed by atoms with E-state index in [1.165, 1.54) is 6.07 Å². The molecule has 0 aliphatic carbocycles. The van der Waals surface area contributed by atoms with Gasteiger partial charge in [0.25, 0.3) is 0 Å². The first-order chi connectivity index (χ1) is 9.99. The molecule has 21 heavy (non-hydrogen) atoms. The summed E-state index contributed by atoms with van der Waals surface area (Å²) in [6.45, 7) is 4.92. The number of benzene rings is 1. The second-order valence-electron chi connectivity index (χ2n) is 5.71. The van der Waals surface area contributed by atoms with Crippen LogP contribution in [0.15, 0.2) is 18.2 Å². The molecule has 0 bridgehead atoms. The Morgan fingerprint density at radius 1 is 1.43 bits per heavy atom. The van der Waals surface area contributed by atoms with Crippen LogP contribution in [0.2, 0.25) is 0 Å². The van der Waals surface area contributed by atoms with Gasteiger partial charge in [-0.2, -0.15) is 0 Å². The Balaban J connectivity index is 1.95. The Labute approximate surface area is 124 Å². The van der Waals surface area contributed by atoms with Gasteiger partial charge in [0, 0.05) is 13.2 Å². The molecule has 1 aliphatic heterocycles. The Morgan fingerprint density at radius 3 is 2.71 bits per heavy atom. The number of hydrogen-bond acceptors (Lipinski definition) is 3. The minimum Gasteiger partial charge on any atom is -0.381 e. The number of nitrogens with one attached hydrogen (secondary N) is 1. The van der Waals surface area contributed by atoms with Crippen molar-refractivity contribution < 1.29 is 13.9 Å². The molecule has 0 saturated carbocycles. The van der Waals surface area contributed by atoms with E-state index in [1.54, 1.807) is 19.1 Å². The molecule has 1 aromatic carbocycles. The van der Waals surface area contributed by atoms with Gasteiger partial charge < -0.3 is 15.8 Å². The highest BCUT2D eigenvalue weighted by Gasteiger charge is 2.27. The summed E-state index contributed by atoms with van der Waals surface area (Å²) in [7, 11) is 0. The zero-order valence-electron chi connectivity index (χ0n) is 12.6. The molecule has 2 atom stereocenters. The topological polar surface area (TPSA) is 64.4 Å². The molecule has 1 fully saturated rings. The van der Waals surface area contributed by atoms with Crippen LogP contribution in [0.3, 0.4) is 0 Å². The average molecular weight is 294 g/mol. The molecule has 1 aliphatic rings. The maximum atomic E-state index is 13.3. The Bertz CT molecular complexity index is 501. The SMILES string of the molecule is Cc1cc(C(C)NC(=O)C(N)C2CCOCC2)ccc1F. The standard InChI is InChI=1S/C16H23FN2O2/c1-10-9-13(3-4-14(10)17)11(2)19-16(20)15(18)12-5-7-21-8-6-12/h3-4,9,11-12,15H,5-8,18H2,1-2H3,(H,19,20). The van der Waals surface area contributed by atoms with Gasteiger partial charge >= 0.3 is 0 Å². The van der Waals surface area contributed by atoms with Crippen LogP contribution >= 0.6 is 0 Å². The molecule has 1 heterocycles. The molecule has 2 unspecified atom stereocenters. The maximum Gasteiger partial charge on any atom is 0.237 e. The van der Waals surface area contributed by atoms with Crippen LogP contribution in [0.25, 0.3) is 0 Å². The Morgan fingerprint density at radius 2 is 2.10 bits per heavy atom. The van der Waals surface area contributed by atoms with Gasteiger partial charge in [0.05, 0.1) is 12.1 Å². The van der Waals surface area contributed by atoms with Gasteiger partial charge in [-0.3, -0.25) is 4.79 Å². The molecule has 3 N–H and O–H groups in total. The third-order valence-corrected chi connectivity index (χ3v) is 4.12. The van der Waals surface area contributed by atoms with E-state index < -0.39 is 6.04 Å². The minimum absolute atomic E-state index is 0.156. The van der Waals surface area contributed by atoms with E-state index >= 15 is 0 Å². The summed E-state index contributed by atoms with van der Waals surface area (Å²) in [5.41, 5.74) is 7.49. The Kier molecular flexibility index (Phi) is 5.31. The van der Waals surface area contributed by atoms with Crippen molar-refractivity contribution in [2.75, 3.05) is 13.2 Å². The largest absolute Gasteiger partial charge is 0.381 e. The van der Waals surface area contributed by atoms with Gasteiger partial charge in [-0.05, 0) is 49.8 Å². The summed E-state index contributed by atoms with van der Waals surface area (Å²) in [5, 5.41) is 2.91. The van der Waals surface area contributed by atoms with Crippen LogP contribution < -0.4 is 11.1 Å². The Hall–Kier alpha value is -1.46. The van der Waals surface area contributed by atoms with E-state index in [1.807, 2.05) is 6.92 Å². The lowest BCUT2D eigenvalue weighted by atomic mass is 9.91. The van der Waals surface area contributed by atoms with E-state index in [-0.39, 0.29) is 23.7 Å². The predicted molar refractivity (Wildman–Crippen MR) is 79.2 cm³/mol. The van der Waals surface area contributed by atoms with Crippen molar-refractivity contribution in [1.82, 2.24) is 5.32 Å².